The summed E-state index contributed by atoms with van der Waals surface area (Å²) in [5, 5.41) is 29.8. The van der Waals surface area contributed by atoms with Crippen LogP contribution in [0.25, 0.3) is 0 Å². The summed E-state index contributed by atoms with van der Waals surface area (Å²) in [4.78, 5) is 121. The average Bonchev–Trinajstić information content (AvgIpc) is 3.16. The molecule has 22 heteroatoms. The van der Waals surface area contributed by atoms with Gasteiger partial charge in [0.05, 0.1) is 6.54 Å². The minimum Gasteiger partial charge on any atom is -0.480 e. The number of guanidine groups is 1. The van der Waals surface area contributed by atoms with Crippen LogP contribution in [0.4, 0.5) is 0 Å². The maximum atomic E-state index is 14.0. The summed E-state index contributed by atoms with van der Waals surface area (Å²) >= 11 is 0. The Morgan fingerprint density at radius 2 is 1.45 bits per heavy atom. The zero-order valence-corrected chi connectivity index (χ0v) is 32.6. The minimum atomic E-state index is -1.46. The molecule has 1 aromatic rings. The van der Waals surface area contributed by atoms with Crippen molar-refractivity contribution in [3.05, 3.63) is 35.9 Å². The summed E-state index contributed by atoms with van der Waals surface area (Å²) in [7, 11) is 0. The van der Waals surface area contributed by atoms with Crippen molar-refractivity contribution in [3.63, 3.8) is 0 Å². The Hall–Kier alpha value is -6.32. The second-order valence-electron chi connectivity index (χ2n) is 13.6. The summed E-state index contributed by atoms with van der Waals surface area (Å²) in [6.07, 6.45) is -0.455. The van der Waals surface area contributed by atoms with Crippen molar-refractivity contribution in [2.24, 2.45) is 22.2 Å². The van der Waals surface area contributed by atoms with E-state index in [9.17, 15) is 48.3 Å². The third kappa shape index (κ3) is 18.1. The van der Waals surface area contributed by atoms with E-state index in [-0.39, 0.29) is 77.0 Å². The molecule has 1 aliphatic heterocycles. The molecule has 6 atom stereocenters. The van der Waals surface area contributed by atoms with E-state index in [1.54, 1.807) is 30.3 Å². The Bertz CT molecular complexity index is 1640. The van der Waals surface area contributed by atoms with Crippen molar-refractivity contribution in [1.29, 1.82) is 0 Å². The quantitative estimate of drug-likeness (QED) is 0.0538. The van der Waals surface area contributed by atoms with Crippen LogP contribution < -0.4 is 59.7 Å². The van der Waals surface area contributed by atoms with Gasteiger partial charge in [0.1, 0.15) is 36.3 Å². The maximum absolute atomic E-state index is 14.0. The molecule has 0 bridgehead atoms. The lowest BCUT2D eigenvalue weighted by molar-refractivity contribution is -0.142. The minimum absolute atomic E-state index is 0.0347. The third-order valence-electron chi connectivity index (χ3n) is 8.75. The standard InChI is InChI=1S/C36H56N12O10/c1-20-30(52)47-26(35(57)58)14-17-40-28(50)12-6-10-23(44-29(51)19-42-21(2)49)32(54)46-25(13-15-37)33(55)48-27(18-22-8-4-3-5-9-22)34(56)45-24(31(53)43-20)11-7-16-41-36(38)39/h3-5,8-9,20,23-27H,6-7,10-19,37H2,1-2H3,(H,40,50)(H,42,49)(H,43,53)(H,44,51)(H,45,56)(H,46,54)(H,47,52)(H,48,55)(H,57,58)(H4,38,39,41)/t20-,23?,24?,25-,26?,27?/m0/s1. The van der Waals surface area contributed by atoms with Gasteiger partial charge < -0.3 is 64.8 Å². The zero-order chi connectivity index (χ0) is 43.2. The van der Waals surface area contributed by atoms with Gasteiger partial charge in [-0.05, 0) is 57.6 Å². The first-order valence-electron chi connectivity index (χ1n) is 18.8. The number of nitrogens with two attached hydrogens (primary N) is 3. The van der Waals surface area contributed by atoms with E-state index in [0.717, 1.165) is 0 Å². The monoisotopic (exact) mass is 816 g/mol. The number of carboxylic acids is 1. The fraction of sp³-hybridized carbons (Fsp3) is 0.556. The van der Waals surface area contributed by atoms with Gasteiger partial charge in [-0.3, -0.25) is 43.3 Å². The van der Waals surface area contributed by atoms with Crippen LogP contribution in [0.3, 0.4) is 0 Å². The van der Waals surface area contributed by atoms with Gasteiger partial charge in [-0.1, -0.05) is 30.3 Å². The van der Waals surface area contributed by atoms with E-state index in [2.05, 4.69) is 47.5 Å². The van der Waals surface area contributed by atoms with Crippen LogP contribution in [0.5, 0.6) is 0 Å². The lowest BCUT2D eigenvalue weighted by Gasteiger charge is -2.27. The molecule has 1 aliphatic rings. The van der Waals surface area contributed by atoms with Crippen LogP contribution >= 0.6 is 0 Å². The molecule has 0 radical (unpaired) electrons. The number of carbonyl (C=O) groups is 9. The Morgan fingerprint density at radius 3 is 2.09 bits per heavy atom. The van der Waals surface area contributed by atoms with E-state index in [0.29, 0.717) is 5.56 Å². The number of aliphatic carboxylic acids is 1. The fourth-order valence-corrected chi connectivity index (χ4v) is 5.65. The van der Waals surface area contributed by atoms with E-state index < -0.39 is 96.0 Å². The van der Waals surface area contributed by atoms with Crippen LogP contribution in [-0.4, -0.2) is 127 Å². The molecule has 1 fully saturated rings. The predicted octanol–water partition coefficient (Wildman–Crippen LogP) is -4.53. The number of nitrogens with zero attached hydrogens (tertiary/aromatic N) is 1. The van der Waals surface area contributed by atoms with Crippen molar-refractivity contribution in [1.82, 2.24) is 42.5 Å². The normalized spacial score (nSPS) is 23.3. The van der Waals surface area contributed by atoms with Crippen molar-refractivity contribution < 1.29 is 48.3 Å². The highest BCUT2D eigenvalue weighted by atomic mass is 16.4. The van der Waals surface area contributed by atoms with Crippen molar-refractivity contribution >= 4 is 59.2 Å². The first kappa shape index (κ1) is 47.8. The second-order valence-corrected chi connectivity index (χ2v) is 13.6. The molecule has 0 spiro atoms. The SMILES string of the molecule is CC(=O)NCC(=O)NC1CCCC(=O)NCCC(C(=O)O)NC(=O)[C@H](C)NC(=O)C(CCCN=C(N)N)NC(=O)C(Cc2ccccc2)NC(=O)[C@H](CCN)NC1=O. The Labute approximate surface area is 335 Å². The number of carboxylic acid groups (broad SMARTS) is 1. The smallest absolute Gasteiger partial charge is 0.326 e. The number of aliphatic imine (C=N–C) groups is 1. The van der Waals surface area contributed by atoms with E-state index >= 15 is 0 Å². The molecule has 0 saturated carbocycles. The fourth-order valence-electron chi connectivity index (χ4n) is 5.65. The summed E-state index contributed by atoms with van der Waals surface area (Å²) in [6.45, 7) is 1.87. The van der Waals surface area contributed by atoms with Gasteiger partial charge in [-0.2, -0.15) is 0 Å². The number of rotatable bonds is 12. The molecular formula is C36H56N12O10. The Kier molecular flexibility index (Phi) is 20.6. The van der Waals surface area contributed by atoms with Gasteiger partial charge in [0.15, 0.2) is 5.96 Å². The van der Waals surface area contributed by atoms with Gasteiger partial charge in [-0.25, -0.2) is 4.79 Å². The van der Waals surface area contributed by atoms with Gasteiger partial charge in [0.2, 0.25) is 47.3 Å². The maximum Gasteiger partial charge on any atom is 0.326 e. The molecule has 15 N–H and O–H groups in total. The van der Waals surface area contributed by atoms with Crippen LogP contribution in [0, 0.1) is 0 Å². The van der Waals surface area contributed by atoms with Crippen LogP contribution in [-0.2, 0) is 49.6 Å². The van der Waals surface area contributed by atoms with Gasteiger partial charge in [0.25, 0.3) is 0 Å². The van der Waals surface area contributed by atoms with Crippen LogP contribution in [0.2, 0.25) is 0 Å². The number of carbonyl (C=O) groups excluding carboxylic acids is 8. The van der Waals surface area contributed by atoms with Gasteiger partial charge >= 0.3 is 5.97 Å². The highest BCUT2D eigenvalue weighted by molar-refractivity contribution is 5.97. The molecule has 1 heterocycles. The third-order valence-corrected chi connectivity index (χ3v) is 8.75. The average molecular weight is 817 g/mol. The number of hydrogen-bond acceptors (Lipinski definition) is 11. The van der Waals surface area contributed by atoms with Crippen LogP contribution in [0.1, 0.15) is 64.4 Å². The van der Waals surface area contributed by atoms with Crippen molar-refractivity contribution in [3.8, 4) is 0 Å². The second kappa shape index (κ2) is 25.0. The molecule has 2 rings (SSSR count). The summed E-state index contributed by atoms with van der Waals surface area (Å²) in [5.74, 6) is -7.48. The number of nitrogens with one attached hydrogen (secondary N) is 8. The van der Waals surface area contributed by atoms with E-state index in [1.165, 1.54) is 13.8 Å². The predicted molar refractivity (Wildman–Crippen MR) is 209 cm³/mol. The summed E-state index contributed by atoms with van der Waals surface area (Å²) < 4.78 is 0. The highest BCUT2D eigenvalue weighted by Gasteiger charge is 2.33. The van der Waals surface area contributed by atoms with Gasteiger partial charge in [0, 0.05) is 32.9 Å². The van der Waals surface area contributed by atoms with Crippen LogP contribution in [0.15, 0.2) is 35.3 Å². The first-order chi connectivity index (χ1) is 27.5. The largest absolute Gasteiger partial charge is 0.480 e. The van der Waals surface area contributed by atoms with E-state index in [1.807, 2.05) is 0 Å². The Balaban J connectivity index is 2.54. The molecule has 22 nitrogen and oxygen atoms in total. The first-order valence-corrected chi connectivity index (χ1v) is 18.8. The lowest BCUT2D eigenvalue weighted by Crippen LogP contribution is -2.60. The number of hydrogen-bond donors (Lipinski definition) is 12. The van der Waals surface area contributed by atoms with Crippen molar-refractivity contribution in [2.75, 3.05) is 26.2 Å². The highest BCUT2D eigenvalue weighted by Crippen LogP contribution is 2.09. The molecule has 8 amide bonds. The van der Waals surface area contributed by atoms with Crippen molar-refractivity contribution in [2.45, 2.75) is 101 Å². The van der Waals surface area contributed by atoms with E-state index in [4.69, 9.17) is 17.2 Å². The summed E-state index contributed by atoms with van der Waals surface area (Å²) in [5.41, 5.74) is 17.3. The topological polar surface area (TPSA) is 361 Å². The van der Waals surface area contributed by atoms with Gasteiger partial charge in [-0.15, -0.1) is 0 Å². The summed E-state index contributed by atoms with van der Waals surface area (Å²) in [6, 6.07) is 0.621. The number of amides is 8. The molecule has 4 unspecified atom stereocenters. The zero-order valence-electron chi connectivity index (χ0n) is 32.6. The molecule has 320 valence electrons. The molecular weight excluding hydrogens is 760 g/mol. The number of benzene rings is 1. The Morgan fingerprint density at radius 1 is 0.828 bits per heavy atom. The molecule has 58 heavy (non-hydrogen) atoms. The molecule has 0 aliphatic carbocycles. The molecule has 0 aromatic heterocycles. The molecule has 1 saturated heterocycles. The lowest BCUT2D eigenvalue weighted by atomic mass is 10.0. The molecule has 1 aromatic carbocycles.